The van der Waals surface area contributed by atoms with Crippen LogP contribution >= 0.6 is 24.0 Å². The van der Waals surface area contributed by atoms with Crippen LogP contribution < -0.4 is 10.6 Å². The summed E-state index contributed by atoms with van der Waals surface area (Å²) in [6, 6.07) is 10.8. The van der Waals surface area contributed by atoms with Gasteiger partial charge in [-0.3, -0.25) is 4.68 Å². The van der Waals surface area contributed by atoms with Crippen molar-refractivity contribution in [2.75, 3.05) is 27.2 Å². The van der Waals surface area contributed by atoms with Gasteiger partial charge in [-0.15, -0.1) is 24.0 Å². The van der Waals surface area contributed by atoms with E-state index in [1.807, 2.05) is 6.92 Å². The first kappa shape index (κ1) is 24.4. The van der Waals surface area contributed by atoms with Crippen LogP contribution in [0.1, 0.15) is 35.9 Å². The summed E-state index contributed by atoms with van der Waals surface area (Å²) >= 11 is 0. The third-order valence-electron chi connectivity index (χ3n) is 4.20. The molecule has 0 radical (unpaired) electrons. The van der Waals surface area contributed by atoms with Gasteiger partial charge in [0.15, 0.2) is 5.96 Å². The van der Waals surface area contributed by atoms with E-state index in [1.54, 1.807) is 0 Å². The number of aryl methyl sites for hydroxylation is 3. The largest absolute Gasteiger partial charge is 0.357 e. The molecule has 2 N–H and O–H groups in total. The Labute approximate surface area is 186 Å². The van der Waals surface area contributed by atoms with Gasteiger partial charge < -0.3 is 15.5 Å². The van der Waals surface area contributed by atoms with Crippen molar-refractivity contribution >= 4 is 29.9 Å². The van der Waals surface area contributed by atoms with Crippen molar-refractivity contribution in [2.24, 2.45) is 4.99 Å². The lowest BCUT2D eigenvalue weighted by Crippen LogP contribution is -2.38. The molecule has 6 nitrogen and oxygen atoms in total. The van der Waals surface area contributed by atoms with Crippen LogP contribution in [-0.4, -0.2) is 47.8 Å². The van der Waals surface area contributed by atoms with E-state index in [-0.39, 0.29) is 24.0 Å². The van der Waals surface area contributed by atoms with Gasteiger partial charge in [-0.1, -0.05) is 24.3 Å². The summed E-state index contributed by atoms with van der Waals surface area (Å²) in [7, 11) is 4.17. The molecule has 28 heavy (non-hydrogen) atoms. The van der Waals surface area contributed by atoms with Gasteiger partial charge in [0.05, 0.1) is 12.2 Å². The highest BCUT2D eigenvalue weighted by atomic mass is 127. The number of halogens is 1. The van der Waals surface area contributed by atoms with Crippen LogP contribution in [0.5, 0.6) is 0 Å². The standard InChI is InChI=1S/C21H34N6.HI/c1-6-22-21(23-11-8-12-27-18(3)13-17(2)25-27)24-15-19-9-7-10-20(14-19)16-26(4)5;/h7,9-10,13-14H,6,8,11-12,15-16H2,1-5H3,(H2,22,23,24);1H. The van der Waals surface area contributed by atoms with Gasteiger partial charge in [-0.05, 0) is 58.5 Å². The molecule has 2 aromatic rings. The molecule has 0 unspecified atom stereocenters. The Morgan fingerprint density at radius 1 is 1.14 bits per heavy atom. The molecule has 1 aromatic heterocycles. The minimum atomic E-state index is 0. The Bertz CT molecular complexity index is 738. The number of rotatable bonds is 9. The van der Waals surface area contributed by atoms with Gasteiger partial charge in [-0.2, -0.15) is 5.10 Å². The summed E-state index contributed by atoms with van der Waals surface area (Å²) in [5, 5.41) is 11.3. The van der Waals surface area contributed by atoms with Crippen LogP contribution in [0.25, 0.3) is 0 Å². The quantitative estimate of drug-likeness (QED) is 0.241. The molecule has 0 saturated heterocycles. The number of hydrogen-bond donors (Lipinski definition) is 2. The van der Waals surface area contributed by atoms with Gasteiger partial charge in [0.2, 0.25) is 0 Å². The van der Waals surface area contributed by atoms with Crippen LogP contribution in [0.15, 0.2) is 35.3 Å². The molecule has 0 aliphatic heterocycles. The molecule has 2 rings (SSSR count). The Balaban J connectivity index is 0.00000392. The summed E-state index contributed by atoms with van der Waals surface area (Å²) in [5.74, 6) is 0.865. The van der Waals surface area contributed by atoms with Crippen molar-refractivity contribution in [1.82, 2.24) is 25.3 Å². The molecular formula is C21H35IN6. The molecule has 0 amide bonds. The zero-order valence-electron chi connectivity index (χ0n) is 17.8. The van der Waals surface area contributed by atoms with Crippen molar-refractivity contribution in [1.29, 1.82) is 0 Å². The van der Waals surface area contributed by atoms with Gasteiger partial charge in [0, 0.05) is 31.9 Å². The number of hydrogen-bond acceptors (Lipinski definition) is 3. The molecule has 7 heteroatoms. The summed E-state index contributed by atoms with van der Waals surface area (Å²) in [6.45, 7) is 10.5. The van der Waals surface area contributed by atoms with Gasteiger partial charge in [0.1, 0.15) is 0 Å². The zero-order valence-corrected chi connectivity index (χ0v) is 20.2. The summed E-state index contributed by atoms with van der Waals surface area (Å²) < 4.78 is 2.07. The smallest absolute Gasteiger partial charge is 0.191 e. The number of guanidine groups is 1. The highest BCUT2D eigenvalue weighted by Crippen LogP contribution is 2.08. The second kappa shape index (κ2) is 12.8. The summed E-state index contributed by atoms with van der Waals surface area (Å²) in [5.41, 5.74) is 4.84. The van der Waals surface area contributed by atoms with E-state index >= 15 is 0 Å². The average Bonchev–Trinajstić information content (AvgIpc) is 2.93. The maximum absolute atomic E-state index is 4.73. The molecule has 0 aliphatic carbocycles. The summed E-state index contributed by atoms with van der Waals surface area (Å²) in [4.78, 5) is 6.91. The van der Waals surface area contributed by atoms with Crippen LogP contribution in [-0.2, 0) is 19.6 Å². The lowest BCUT2D eigenvalue weighted by molar-refractivity contribution is 0.402. The lowest BCUT2D eigenvalue weighted by atomic mass is 10.1. The van der Waals surface area contributed by atoms with E-state index in [9.17, 15) is 0 Å². The van der Waals surface area contributed by atoms with Crippen LogP contribution in [0.2, 0.25) is 0 Å². The number of aliphatic imine (C=N–C) groups is 1. The maximum Gasteiger partial charge on any atom is 0.191 e. The van der Waals surface area contributed by atoms with Crippen molar-refractivity contribution < 1.29 is 0 Å². The van der Waals surface area contributed by atoms with Gasteiger partial charge in [0.25, 0.3) is 0 Å². The van der Waals surface area contributed by atoms with Crippen molar-refractivity contribution in [3.8, 4) is 0 Å². The highest BCUT2D eigenvalue weighted by Gasteiger charge is 2.02. The Morgan fingerprint density at radius 2 is 1.89 bits per heavy atom. The lowest BCUT2D eigenvalue weighted by Gasteiger charge is -2.13. The fourth-order valence-corrected chi connectivity index (χ4v) is 3.04. The third kappa shape index (κ3) is 8.60. The molecule has 1 heterocycles. The first-order valence-corrected chi connectivity index (χ1v) is 9.73. The maximum atomic E-state index is 4.73. The Hall–Kier alpha value is -1.61. The second-order valence-corrected chi connectivity index (χ2v) is 7.18. The zero-order chi connectivity index (χ0) is 19.6. The monoisotopic (exact) mass is 498 g/mol. The fraction of sp³-hybridized carbons (Fsp3) is 0.524. The topological polar surface area (TPSA) is 57.5 Å². The van der Waals surface area contributed by atoms with Crippen LogP contribution in [0.3, 0.4) is 0 Å². The van der Waals surface area contributed by atoms with Crippen molar-refractivity contribution in [3.63, 3.8) is 0 Å². The van der Waals surface area contributed by atoms with Crippen LogP contribution in [0.4, 0.5) is 0 Å². The van der Waals surface area contributed by atoms with Gasteiger partial charge >= 0.3 is 0 Å². The summed E-state index contributed by atoms with van der Waals surface area (Å²) in [6.07, 6.45) is 1.00. The fourth-order valence-electron chi connectivity index (χ4n) is 3.04. The molecule has 0 atom stereocenters. The third-order valence-corrected chi connectivity index (χ3v) is 4.20. The predicted molar refractivity (Wildman–Crippen MR) is 128 cm³/mol. The molecule has 0 spiro atoms. The SMILES string of the molecule is CCNC(=NCc1cccc(CN(C)C)c1)NCCCn1nc(C)cc1C.I. The van der Waals surface area contributed by atoms with Crippen molar-refractivity contribution in [2.45, 2.75) is 46.8 Å². The number of nitrogens with zero attached hydrogens (tertiary/aromatic N) is 4. The van der Waals surface area contributed by atoms with Crippen molar-refractivity contribution in [3.05, 3.63) is 52.8 Å². The number of aromatic nitrogens is 2. The van der Waals surface area contributed by atoms with Crippen LogP contribution in [0, 0.1) is 13.8 Å². The normalized spacial score (nSPS) is 11.4. The molecule has 0 saturated carbocycles. The first-order chi connectivity index (χ1) is 13.0. The molecule has 1 aromatic carbocycles. The van der Waals surface area contributed by atoms with E-state index in [4.69, 9.17) is 4.99 Å². The van der Waals surface area contributed by atoms with E-state index in [1.165, 1.54) is 16.8 Å². The first-order valence-electron chi connectivity index (χ1n) is 9.73. The second-order valence-electron chi connectivity index (χ2n) is 7.18. The minimum absolute atomic E-state index is 0. The molecule has 0 aliphatic rings. The number of nitrogens with one attached hydrogen (secondary N) is 2. The highest BCUT2D eigenvalue weighted by molar-refractivity contribution is 14.0. The van der Waals surface area contributed by atoms with Gasteiger partial charge in [-0.25, -0.2) is 4.99 Å². The van der Waals surface area contributed by atoms with E-state index in [0.717, 1.165) is 44.3 Å². The Morgan fingerprint density at radius 3 is 2.54 bits per heavy atom. The molecule has 0 fully saturated rings. The van der Waals surface area contributed by atoms with E-state index in [2.05, 4.69) is 83.6 Å². The Kier molecular flexibility index (Phi) is 11.1. The molecule has 156 valence electrons. The van der Waals surface area contributed by atoms with E-state index in [0.29, 0.717) is 6.54 Å². The molecule has 0 bridgehead atoms. The average molecular weight is 498 g/mol. The minimum Gasteiger partial charge on any atom is -0.357 e. The van der Waals surface area contributed by atoms with E-state index < -0.39 is 0 Å². The predicted octanol–water partition coefficient (Wildman–Crippen LogP) is 3.32. The number of benzene rings is 1. The molecular weight excluding hydrogens is 463 g/mol.